The summed E-state index contributed by atoms with van der Waals surface area (Å²) in [6.45, 7) is -0.0830. The third-order valence-corrected chi connectivity index (χ3v) is 3.93. The number of hydrogen-bond donors (Lipinski definition) is 1. The summed E-state index contributed by atoms with van der Waals surface area (Å²) >= 11 is 6.06. The van der Waals surface area contributed by atoms with E-state index in [1.54, 1.807) is 36.4 Å². The van der Waals surface area contributed by atoms with Crippen molar-refractivity contribution in [3.05, 3.63) is 47.0 Å². The fraction of sp³-hybridized carbons (Fsp3) is 0.200. The summed E-state index contributed by atoms with van der Waals surface area (Å²) < 4.78 is 20.9. The second kappa shape index (κ2) is 10.1. The Morgan fingerprint density at radius 1 is 1.07 bits per heavy atom. The number of carbonyl (C=O) groups excluding carboxylic acids is 1. The van der Waals surface area contributed by atoms with Crippen molar-refractivity contribution in [3.63, 3.8) is 0 Å². The van der Waals surface area contributed by atoms with Crippen LogP contribution in [0.5, 0.6) is 23.0 Å². The van der Waals surface area contributed by atoms with E-state index in [1.807, 2.05) is 6.07 Å². The Morgan fingerprint density at radius 2 is 1.79 bits per heavy atom. The van der Waals surface area contributed by atoms with Crippen LogP contribution < -0.4 is 24.3 Å². The third kappa shape index (κ3) is 5.32. The van der Waals surface area contributed by atoms with Gasteiger partial charge in [-0.15, -0.1) is 0 Å². The van der Waals surface area contributed by atoms with Gasteiger partial charge in [0, 0.05) is 18.2 Å². The molecule has 2 rings (SSSR count). The molecule has 0 bridgehead atoms. The molecule has 1 N–H and O–H groups in total. The summed E-state index contributed by atoms with van der Waals surface area (Å²) in [5.74, 6) is 1.37. The molecule has 0 unspecified atom stereocenters. The summed E-state index contributed by atoms with van der Waals surface area (Å²) in [6, 6.07) is 10.1. The van der Waals surface area contributed by atoms with Gasteiger partial charge in [0.1, 0.15) is 17.6 Å². The zero-order valence-corrected chi connectivity index (χ0v) is 16.4. The van der Waals surface area contributed by atoms with Crippen molar-refractivity contribution in [1.29, 1.82) is 5.26 Å². The number of benzene rings is 2. The highest BCUT2D eigenvalue weighted by Gasteiger charge is 2.11. The number of rotatable bonds is 8. The molecule has 0 saturated heterocycles. The molecular formula is C20H19ClN2O5. The highest BCUT2D eigenvalue weighted by atomic mass is 35.5. The van der Waals surface area contributed by atoms with Gasteiger partial charge in [-0.05, 0) is 23.8 Å². The highest BCUT2D eigenvalue weighted by molar-refractivity contribution is 6.32. The molecule has 2 aromatic carbocycles. The lowest BCUT2D eigenvalue weighted by atomic mass is 10.2. The normalized spacial score (nSPS) is 10.2. The number of anilines is 1. The number of hydrogen-bond acceptors (Lipinski definition) is 6. The van der Waals surface area contributed by atoms with Crippen LogP contribution in [0.1, 0.15) is 5.56 Å². The van der Waals surface area contributed by atoms with E-state index in [9.17, 15) is 4.79 Å². The second-order valence-corrected chi connectivity index (χ2v) is 5.77. The Labute approximate surface area is 168 Å². The van der Waals surface area contributed by atoms with E-state index in [0.29, 0.717) is 33.7 Å². The summed E-state index contributed by atoms with van der Waals surface area (Å²) in [4.78, 5) is 12.3. The molecule has 7 nitrogen and oxygen atoms in total. The second-order valence-electron chi connectivity index (χ2n) is 5.37. The van der Waals surface area contributed by atoms with Gasteiger partial charge in [0.25, 0.3) is 0 Å². The van der Waals surface area contributed by atoms with Crippen LogP contribution in [-0.2, 0) is 4.79 Å². The van der Waals surface area contributed by atoms with Crippen molar-refractivity contribution in [2.24, 2.45) is 0 Å². The van der Waals surface area contributed by atoms with Gasteiger partial charge in [0.2, 0.25) is 5.91 Å². The van der Waals surface area contributed by atoms with E-state index in [4.69, 9.17) is 35.8 Å². The van der Waals surface area contributed by atoms with Crippen molar-refractivity contribution in [1.82, 2.24) is 0 Å². The first kappa shape index (κ1) is 20.9. The van der Waals surface area contributed by atoms with Gasteiger partial charge in [-0.3, -0.25) is 4.79 Å². The van der Waals surface area contributed by atoms with Crippen molar-refractivity contribution < 1.29 is 23.7 Å². The molecule has 0 radical (unpaired) electrons. The number of amides is 1. The average Bonchev–Trinajstić information content (AvgIpc) is 2.71. The maximum absolute atomic E-state index is 12.3. The molecule has 0 fully saturated rings. The van der Waals surface area contributed by atoms with Crippen LogP contribution in [0.3, 0.4) is 0 Å². The minimum atomic E-state index is -0.369. The highest BCUT2D eigenvalue weighted by Crippen LogP contribution is 2.36. The number of nitrogens with zero attached hydrogens (tertiary/aromatic N) is 1. The minimum absolute atomic E-state index is 0.0830. The average molecular weight is 403 g/mol. The summed E-state index contributed by atoms with van der Waals surface area (Å²) in [5.41, 5.74) is 1.15. The molecule has 28 heavy (non-hydrogen) atoms. The lowest BCUT2D eigenvalue weighted by molar-refractivity contribution is -0.111. The van der Waals surface area contributed by atoms with Crippen molar-refractivity contribution in [2.75, 3.05) is 33.3 Å². The Balaban J connectivity index is 2.15. The van der Waals surface area contributed by atoms with Crippen molar-refractivity contribution in [3.8, 4) is 29.1 Å². The maximum Gasteiger partial charge on any atom is 0.248 e. The molecule has 0 aliphatic rings. The zero-order chi connectivity index (χ0) is 20.5. The Bertz CT molecular complexity index is 922. The number of ether oxygens (including phenoxy) is 4. The van der Waals surface area contributed by atoms with Crippen LogP contribution in [0.2, 0.25) is 5.02 Å². The van der Waals surface area contributed by atoms with Crippen LogP contribution in [0.15, 0.2) is 36.4 Å². The van der Waals surface area contributed by atoms with E-state index in [1.165, 1.54) is 27.4 Å². The topological polar surface area (TPSA) is 89.8 Å². The first-order valence-electron chi connectivity index (χ1n) is 8.10. The van der Waals surface area contributed by atoms with Crippen LogP contribution in [0, 0.1) is 11.3 Å². The molecule has 0 aliphatic carbocycles. The number of nitrogens with one attached hydrogen (secondary N) is 1. The van der Waals surface area contributed by atoms with E-state index in [2.05, 4.69) is 5.32 Å². The van der Waals surface area contributed by atoms with Gasteiger partial charge in [-0.25, -0.2) is 0 Å². The molecule has 0 atom stereocenters. The lowest BCUT2D eigenvalue weighted by Gasteiger charge is -2.12. The van der Waals surface area contributed by atoms with Gasteiger partial charge >= 0.3 is 0 Å². The smallest absolute Gasteiger partial charge is 0.248 e. The largest absolute Gasteiger partial charge is 0.495 e. The zero-order valence-electron chi connectivity index (χ0n) is 15.6. The predicted molar refractivity (Wildman–Crippen MR) is 106 cm³/mol. The predicted octanol–water partition coefficient (Wildman–Crippen LogP) is 3.92. The fourth-order valence-electron chi connectivity index (χ4n) is 2.32. The molecule has 0 heterocycles. The first-order chi connectivity index (χ1) is 13.5. The lowest BCUT2D eigenvalue weighted by Crippen LogP contribution is -2.09. The molecule has 0 saturated carbocycles. The third-order valence-electron chi connectivity index (χ3n) is 3.64. The van der Waals surface area contributed by atoms with Gasteiger partial charge < -0.3 is 24.3 Å². The molecular weight excluding hydrogens is 384 g/mol. The van der Waals surface area contributed by atoms with Gasteiger partial charge in [0.15, 0.2) is 18.1 Å². The standard InChI is InChI=1S/C20H19ClN2O5/c1-25-17-12-15(18(26-2)11-14(17)21)23-20(24)7-5-13-4-6-16(28-9-8-22)19(10-13)27-3/h4-7,10-12H,9H2,1-3H3,(H,23,24)/b7-5+. The quantitative estimate of drug-likeness (QED) is 0.673. The Morgan fingerprint density at radius 3 is 2.43 bits per heavy atom. The summed E-state index contributed by atoms with van der Waals surface area (Å²) in [6.07, 6.45) is 2.98. The molecule has 0 spiro atoms. The molecule has 146 valence electrons. The number of carbonyl (C=O) groups is 1. The monoisotopic (exact) mass is 402 g/mol. The van der Waals surface area contributed by atoms with Crippen molar-refractivity contribution >= 4 is 29.3 Å². The number of halogens is 1. The maximum atomic E-state index is 12.3. The van der Waals surface area contributed by atoms with Crippen LogP contribution in [0.4, 0.5) is 5.69 Å². The summed E-state index contributed by atoms with van der Waals surface area (Å²) in [5, 5.41) is 11.7. The van der Waals surface area contributed by atoms with E-state index < -0.39 is 0 Å². The fourth-order valence-corrected chi connectivity index (χ4v) is 2.55. The SMILES string of the molecule is COc1cc(NC(=O)/C=C/c2ccc(OCC#N)c(OC)c2)c(OC)cc1Cl. The van der Waals surface area contributed by atoms with Crippen molar-refractivity contribution in [2.45, 2.75) is 0 Å². The number of nitriles is 1. The summed E-state index contributed by atoms with van der Waals surface area (Å²) in [7, 11) is 4.46. The van der Waals surface area contributed by atoms with Gasteiger partial charge in [-0.1, -0.05) is 17.7 Å². The molecule has 2 aromatic rings. The van der Waals surface area contributed by atoms with Crippen LogP contribution in [-0.4, -0.2) is 33.8 Å². The Kier molecular flexibility index (Phi) is 7.55. The van der Waals surface area contributed by atoms with E-state index >= 15 is 0 Å². The van der Waals surface area contributed by atoms with Crippen LogP contribution >= 0.6 is 11.6 Å². The molecule has 0 aromatic heterocycles. The molecule has 0 aliphatic heterocycles. The van der Waals surface area contributed by atoms with Gasteiger partial charge in [0.05, 0.1) is 32.0 Å². The first-order valence-corrected chi connectivity index (χ1v) is 8.48. The number of methoxy groups -OCH3 is 3. The van der Waals surface area contributed by atoms with Gasteiger partial charge in [-0.2, -0.15) is 5.26 Å². The van der Waals surface area contributed by atoms with E-state index in [0.717, 1.165) is 5.56 Å². The Hall–Kier alpha value is -3.37. The minimum Gasteiger partial charge on any atom is -0.495 e. The van der Waals surface area contributed by atoms with E-state index in [-0.39, 0.29) is 12.5 Å². The van der Waals surface area contributed by atoms with Crippen LogP contribution in [0.25, 0.3) is 6.08 Å². The molecule has 1 amide bonds. The molecule has 8 heteroatoms.